The van der Waals surface area contributed by atoms with E-state index in [2.05, 4.69) is 0 Å². The maximum absolute atomic E-state index is 9.80. The smallest absolute Gasteiger partial charge is 0.104 e. The number of hydrogen-bond donors (Lipinski definition) is 3. The summed E-state index contributed by atoms with van der Waals surface area (Å²) in [5, 5.41) is 27.6. The summed E-state index contributed by atoms with van der Waals surface area (Å²) in [6.45, 7) is 6.77. The molecule has 90 valence electrons. The van der Waals surface area contributed by atoms with Gasteiger partial charge in [0, 0.05) is 0 Å². The lowest BCUT2D eigenvalue weighted by Gasteiger charge is -2.28. The highest BCUT2D eigenvalue weighted by Gasteiger charge is 2.26. The molecule has 0 spiro atoms. The Morgan fingerprint density at radius 2 is 1.93 bits per heavy atom. The lowest BCUT2D eigenvalue weighted by atomic mass is 10.00. The van der Waals surface area contributed by atoms with Crippen LogP contribution in [0.15, 0.2) is 11.6 Å². The summed E-state index contributed by atoms with van der Waals surface area (Å²) in [4.78, 5) is 0. The van der Waals surface area contributed by atoms with E-state index in [1.54, 1.807) is 19.9 Å². The van der Waals surface area contributed by atoms with Gasteiger partial charge in [-0.05, 0) is 27.7 Å². The van der Waals surface area contributed by atoms with E-state index < -0.39 is 17.8 Å². The molecule has 0 fully saturated rings. The fraction of sp³-hybridized carbons (Fsp3) is 0.818. The van der Waals surface area contributed by atoms with Gasteiger partial charge in [0.2, 0.25) is 0 Å². The molecule has 0 aromatic rings. The van der Waals surface area contributed by atoms with Crippen molar-refractivity contribution in [2.75, 3.05) is 13.2 Å². The van der Waals surface area contributed by atoms with Gasteiger partial charge in [-0.2, -0.15) is 0 Å². The molecule has 0 aromatic heterocycles. The third-order valence-corrected chi connectivity index (χ3v) is 1.86. The first-order chi connectivity index (χ1) is 6.77. The van der Waals surface area contributed by atoms with Crippen LogP contribution < -0.4 is 0 Å². The molecule has 0 rings (SSSR count). The summed E-state index contributed by atoms with van der Waals surface area (Å²) in [5.74, 6) is 0. The van der Waals surface area contributed by atoms with Gasteiger partial charge < -0.3 is 20.1 Å². The average Bonchev–Trinajstić information content (AvgIpc) is 2.09. The van der Waals surface area contributed by atoms with Crippen molar-refractivity contribution in [3.05, 3.63) is 11.6 Å². The quantitative estimate of drug-likeness (QED) is 0.567. The Morgan fingerprint density at radius 3 is 2.27 bits per heavy atom. The summed E-state index contributed by atoms with van der Waals surface area (Å²) >= 11 is 0. The molecule has 15 heavy (non-hydrogen) atoms. The zero-order chi connectivity index (χ0) is 12.1. The predicted molar refractivity (Wildman–Crippen MR) is 58.6 cm³/mol. The van der Waals surface area contributed by atoms with E-state index in [-0.39, 0.29) is 13.2 Å². The second-order valence-electron chi connectivity index (χ2n) is 4.49. The number of ether oxygens (including phenoxy) is 1. The summed E-state index contributed by atoms with van der Waals surface area (Å²) in [5.41, 5.74) is 0.0209. The molecule has 0 amide bonds. The van der Waals surface area contributed by atoms with Crippen molar-refractivity contribution >= 4 is 0 Å². The Kier molecular flexibility index (Phi) is 6.05. The van der Waals surface area contributed by atoms with Crippen LogP contribution in [0.5, 0.6) is 0 Å². The third kappa shape index (κ3) is 6.62. The molecule has 0 aliphatic heterocycles. The van der Waals surface area contributed by atoms with Crippen molar-refractivity contribution in [2.45, 2.75) is 45.5 Å². The van der Waals surface area contributed by atoms with Crippen molar-refractivity contribution in [3.8, 4) is 0 Å². The normalized spacial score (nSPS) is 15.9. The van der Waals surface area contributed by atoms with Crippen molar-refractivity contribution in [3.63, 3.8) is 0 Å². The number of rotatable bonds is 6. The summed E-state index contributed by atoms with van der Waals surface area (Å²) in [6.07, 6.45) is 0.411. The highest BCUT2D eigenvalue weighted by molar-refractivity contribution is 5.03. The number of aliphatic hydroxyl groups excluding tert-OH is 2. The Hall–Kier alpha value is -0.420. The highest BCUT2D eigenvalue weighted by atomic mass is 16.5. The van der Waals surface area contributed by atoms with Crippen molar-refractivity contribution in [1.82, 2.24) is 0 Å². The molecule has 4 nitrogen and oxygen atoms in total. The lowest BCUT2D eigenvalue weighted by molar-refractivity contribution is -0.0905. The number of hydrogen-bond acceptors (Lipinski definition) is 4. The van der Waals surface area contributed by atoms with Crippen LogP contribution in [0.3, 0.4) is 0 Å². The molecule has 0 bridgehead atoms. The van der Waals surface area contributed by atoms with Crippen LogP contribution in [0.1, 0.15) is 27.7 Å². The molecule has 0 saturated heterocycles. The van der Waals surface area contributed by atoms with Crippen LogP contribution in [-0.2, 0) is 4.74 Å². The fourth-order valence-electron chi connectivity index (χ4n) is 1.03. The first kappa shape index (κ1) is 14.6. The van der Waals surface area contributed by atoms with Crippen molar-refractivity contribution in [1.29, 1.82) is 0 Å². The summed E-state index contributed by atoms with van der Waals surface area (Å²) < 4.78 is 5.33. The largest absolute Gasteiger partial charge is 0.394 e. The second-order valence-corrected chi connectivity index (χ2v) is 4.49. The van der Waals surface area contributed by atoms with Gasteiger partial charge in [0.15, 0.2) is 0 Å². The maximum Gasteiger partial charge on any atom is 0.104 e. The molecule has 3 N–H and O–H groups in total. The van der Waals surface area contributed by atoms with Gasteiger partial charge in [-0.3, -0.25) is 0 Å². The topological polar surface area (TPSA) is 69.9 Å². The van der Waals surface area contributed by atoms with E-state index >= 15 is 0 Å². The Labute approximate surface area is 91.2 Å². The standard InChI is InChI=1S/C11H22O4/c1-8(2)5-10(11(3,4)14)15-7-9(13)6-12/h5,9-10,12-14H,6-7H2,1-4H3. The van der Waals surface area contributed by atoms with Gasteiger partial charge >= 0.3 is 0 Å². The van der Waals surface area contributed by atoms with Crippen LogP contribution in [-0.4, -0.2) is 46.3 Å². The van der Waals surface area contributed by atoms with E-state index in [0.29, 0.717) is 0 Å². The lowest BCUT2D eigenvalue weighted by Crippen LogP contribution is -2.39. The molecule has 0 saturated carbocycles. The molecular formula is C11H22O4. The number of allylic oxidation sites excluding steroid dienone is 1. The first-order valence-electron chi connectivity index (χ1n) is 5.05. The minimum absolute atomic E-state index is 0.00887. The Morgan fingerprint density at radius 1 is 1.40 bits per heavy atom. The average molecular weight is 218 g/mol. The Balaban J connectivity index is 4.34. The summed E-state index contributed by atoms with van der Waals surface area (Å²) in [7, 11) is 0. The summed E-state index contributed by atoms with van der Waals surface area (Å²) in [6, 6.07) is 0. The van der Waals surface area contributed by atoms with Gasteiger partial charge in [-0.15, -0.1) is 0 Å². The van der Waals surface area contributed by atoms with Gasteiger partial charge in [0.1, 0.15) is 12.2 Å². The molecular weight excluding hydrogens is 196 g/mol. The molecule has 0 aliphatic carbocycles. The zero-order valence-electron chi connectivity index (χ0n) is 9.90. The van der Waals surface area contributed by atoms with Crippen LogP contribution in [0, 0.1) is 0 Å². The van der Waals surface area contributed by atoms with E-state index in [9.17, 15) is 5.11 Å². The molecule has 0 heterocycles. The number of aliphatic hydroxyl groups is 3. The van der Waals surface area contributed by atoms with E-state index in [4.69, 9.17) is 14.9 Å². The van der Waals surface area contributed by atoms with Crippen LogP contribution in [0.25, 0.3) is 0 Å². The Bertz CT molecular complexity index is 201. The van der Waals surface area contributed by atoms with Crippen LogP contribution in [0.2, 0.25) is 0 Å². The molecule has 2 unspecified atom stereocenters. The van der Waals surface area contributed by atoms with Gasteiger partial charge in [-0.1, -0.05) is 11.6 Å². The first-order valence-corrected chi connectivity index (χ1v) is 5.05. The minimum atomic E-state index is -1.01. The maximum atomic E-state index is 9.80. The zero-order valence-corrected chi connectivity index (χ0v) is 9.90. The molecule has 2 atom stereocenters. The minimum Gasteiger partial charge on any atom is -0.394 e. The molecule has 0 aromatic carbocycles. The molecule has 0 aliphatic rings. The van der Waals surface area contributed by atoms with Crippen LogP contribution in [0.4, 0.5) is 0 Å². The molecule has 0 radical (unpaired) electrons. The van der Waals surface area contributed by atoms with Crippen molar-refractivity contribution < 1.29 is 20.1 Å². The van der Waals surface area contributed by atoms with Gasteiger partial charge in [0.25, 0.3) is 0 Å². The third-order valence-electron chi connectivity index (χ3n) is 1.86. The van der Waals surface area contributed by atoms with E-state index in [1.165, 1.54) is 0 Å². The SMILES string of the molecule is CC(C)=CC(OCC(O)CO)C(C)(C)O. The molecule has 4 heteroatoms. The predicted octanol–water partition coefficient (Wildman–Crippen LogP) is 0.462. The highest BCUT2D eigenvalue weighted by Crippen LogP contribution is 2.15. The fourth-order valence-corrected chi connectivity index (χ4v) is 1.03. The van der Waals surface area contributed by atoms with Crippen molar-refractivity contribution in [2.24, 2.45) is 0 Å². The second kappa shape index (κ2) is 6.23. The van der Waals surface area contributed by atoms with E-state index in [0.717, 1.165) is 5.57 Å². The van der Waals surface area contributed by atoms with Gasteiger partial charge in [-0.25, -0.2) is 0 Å². The van der Waals surface area contributed by atoms with Crippen LogP contribution >= 0.6 is 0 Å². The van der Waals surface area contributed by atoms with Gasteiger partial charge in [0.05, 0.1) is 18.8 Å². The monoisotopic (exact) mass is 218 g/mol. The van der Waals surface area contributed by atoms with E-state index in [1.807, 2.05) is 13.8 Å².